The van der Waals surface area contributed by atoms with Crippen molar-refractivity contribution in [3.05, 3.63) is 24.3 Å². The lowest BCUT2D eigenvalue weighted by molar-refractivity contribution is -0.116. The number of rotatable bonds is 10. The van der Waals surface area contributed by atoms with Gasteiger partial charge in [-0.1, -0.05) is 39.0 Å². The number of hydrogen-bond donors (Lipinski definition) is 1. The molecule has 1 N–H and O–H groups in total. The maximum absolute atomic E-state index is 11.9. The predicted octanol–water partition coefficient (Wildman–Crippen LogP) is 5.71. The summed E-state index contributed by atoms with van der Waals surface area (Å²) in [5.74, 6) is 12.6. The first-order chi connectivity index (χ1) is 14.5. The van der Waals surface area contributed by atoms with Crippen LogP contribution in [-0.2, 0) is 4.79 Å². The fraction of sp³-hybridized carbons (Fsp3) is 0.821. The van der Waals surface area contributed by atoms with E-state index in [9.17, 15) is 4.79 Å². The van der Waals surface area contributed by atoms with Gasteiger partial charge >= 0.3 is 0 Å². The monoisotopic (exact) mass is 407 g/mol. The van der Waals surface area contributed by atoms with E-state index in [0.29, 0.717) is 11.8 Å². The largest absolute Gasteiger partial charge is 0.352 e. The molecule has 0 aliphatic heterocycles. The minimum atomic E-state index is 0.101. The third kappa shape index (κ3) is 4.17. The molecule has 6 aliphatic carbocycles. The molecule has 12 atom stereocenters. The van der Waals surface area contributed by atoms with E-state index in [1.54, 1.807) is 12.8 Å². The molecule has 2 heteroatoms. The summed E-state index contributed by atoms with van der Waals surface area (Å²) in [7, 11) is 0. The van der Waals surface area contributed by atoms with Crippen LogP contribution in [0.1, 0.15) is 59.3 Å². The summed E-state index contributed by atoms with van der Waals surface area (Å²) < 4.78 is 0. The lowest BCUT2D eigenvalue weighted by atomic mass is 10.1. The number of nitrogens with one attached hydrogen (secondary N) is 1. The van der Waals surface area contributed by atoms with Crippen LogP contribution in [0, 0.1) is 76.9 Å². The second kappa shape index (κ2) is 7.24. The van der Waals surface area contributed by atoms with Gasteiger partial charge in [-0.2, -0.15) is 0 Å². The van der Waals surface area contributed by atoms with E-state index >= 15 is 0 Å². The maximum atomic E-state index is 11.9. The van der Waals surface area contributed by atoms with Crippen LogP contribution in [0.3, 0.4) is 0 Å². The average Bonchev–Trinajstić information content (AvgIpc) is 3.50. The van der Waals surface area contributed by atoms with Gasteiger partial charge in [0.25, 0.3) is 0 Å². The molecule has 2 nitrogen and oxygen atoms in total. The van der Waals surface area contributed by atoms with Gasteiger partial charge in [0.1, 0.15) is 0 Å². The molecular weight excluding hydrogens is 366 g/mol. The molecule has 0 aromatic carbocycles. The smallest absolute Gasteiger partial charge is 0.243 e. The molecule has 6 rings (SSSR count). The molecule has 6 saturated carbocycles. The Balaban J connectivity index is 0.891. The highest BCUT2D eigenvalue weighted by Crippen LogP contribution is 2.72. The Bertz CT molecular complexity index is 752. The first kappa shape index (κ1) is 19.6. The number of carbonyl (C=O) groups excluding carboxylic acids is 1. The van der Waals surface area contributed by atoms with E-state index in [-0.39, 0.29) is 5.91 Å². The molecule has 6 fully saturated rings. The summed E-state index contributed by atoms with van der Waals surface area (Å²) in [6.07, 6.45) is 18.1. The van der Waals surface area contributed by atoms with Crippen molar-refractivity contribution in [2.75, 3.05) is 6.54 Å². The molecule has 1 amide bonds. The molecule has 0 saturated heterocycles. The number of allylic oxidation sites excluding steroid dienone is 3. The highest BCUT2D eigenvalue weighted by molar-refractivity contribution is 5.87. The van der Waals surface area contributed by atoms with Gasteiger partial charge in [-0.15, -0.1) is 0 Å². The van der Waals surface area contributed by atoms with Crippen LogP contribution in [-0.4, -0.2) is 12.5 Å². The Kier molecular flexibility index (Phi) is 4.74. The second-order valence-electron chi connectivity index (χ2n) is 12.6. The molecule has 0 spiro atoms. The Morgan fingerprint density at radius 1 is 0.733 bits per heavy atom. The number of hydrogen-bond acceptors (Lipinski definition) is 1. The predicted molar refractivity (Wildman–Crippen MR) is 121 cm³/mol. The van der Waals surface area contributed by atoms with Crippen LogP contribution in [0.25, 0.3) is 0 Å². The lowest BCUT2D eigenvalue weighted by Crippen LogP contribution is -2.25. The van der Waals surface area contributed by atoms with Crippen LogP contribution >= 0.6 is 0 Å². The summed E-state index contributed by atoms with van der Waals surface area (Å²) in [4.78, 5) is 11.9. The summed E-state index contributed by atoms with van der Waals surface area (Å²) in [5, 5.41) is 3.00. The highest BCUT2D eigenvalue weighted by atomic mass is 16.1. The van der Waals surface area contributed by atoms with Gasteiger partial charge in [-0.3, -0.25) is 4.79 Å². The van der Waals surface area contributed by atoms with Crippen molar-refractivity contribution in [2.45, 2.75) is 59.3 Å². The first-order valence-corrected chi connectivity index (χ1v) is 13.1. The molecule has 0 aromatic rings. The van der Waals surface area contributed by atoms with E-state index in [0.717, 1.165) is 71.6 Å². The van der Waals surface area contributed by atoms with Crippen LogP contribution in [0.4, 0.5) is 0 Å². The molecule has 0 aromatic heterocycles. The van der Waals surface area contributed by atoms with Crippen molar-refractivity contribution in [1.29, 1.82) is 0 Å². The lowest BCUT2D eigenvalue weighted by Gasteiger charge is -2.04. The molecule has 0 heterocycles. The zero-order valence-electron chi connectivity index (χ0n) is 19.2. The van der Waals surface area contributed by atoms with Crippen molar-refractivity contribution >= 4 is 5.91 Å². The first-order valence-electron chi connectivity index (χ1n) is 13.1. The third-order valence-corrected chi connectivity index (χ3v) is 9.61. The molecule has 30 heavy (non-hydrogen) atoms. The molecule has 0 bridgehead atoms. The summed E-state index contributed by atoms with van der Waals surface area (Å²) in [6.45, 7) is 7.45. The molecule has 0 radical (unpaired) electrons. The van der Waals surface area contributed by atoms with Gasteiger partial charge < -0.3 is 5.32 Å². The maximum Gasteiger partial charge on any atom is 0.243 e. The summed E-state index contributed by atoms with van der Waals surface area (Å²) >= 11 is 0. The number of amides is 1. The highest BCUT2D eigenvalue weighted by Gasteiger charge is 2.65. The third-order valence-electron chi connectivity index (χ3n) is 9.61. The quantitative estimate of drug-likeness (QED) is 0.365. The van der Waals surface area contributed by atoms with E-state index < -0.39 is 0 Å². The SMILES string of the molecule is CC(C)CNC(=O)/C=C/[C@H]1C[C@H]1[C@@H]1C[C@H]1[C@@H]1C[C@H]1[C@@H]1C[C@H]1[C@@H]1C[C@@H]1/C=C/[C@H]1C[C@@H]1C. The number of carbonyl (C=O) groups is 1. The van der Waals surface area contributed by atoms with E-state index in [4.69, 9.17) is 0 Å². The Morgan fingerprint density at radius 3 is 1.70 bits per heavy atom. The van der Waals surface area contributed by atoms with Gasteiger partial charge in [0.15, 0.2) is 0 Å². The summed E-state index contributed by atoms with van der Waals surface area (Å²) in [6, 6.07) is 0. The average molecular weight is 408 g/mol. The van der Waals surface area contributed by atoms with E-state index in [1.165, 1.54) is 25.7 Å². The van der Waals surface area contributed by atoms with Gasteiger partial charge in [0, 0.05) is 6.54 Å². The topological polar surface area (TPSA) is 29.1 Å². The Hall–Kier alpha value is -1.05. The van der Waals surface area contributed by atoms with E-state index in [1.807, 2.05) is 6.08 Å². The van der Waals surface area contributed by atoms with Crippen LogP contribution in [0.2, 0.25) is 0 Å². The van der Waals surface area contributed by atoms with Gasteiger partial charge in [-0.25, -0.2) is 0 Å². The van der Waals surface area contributed by atoms with Crippen molar-refractivity contribution in [3.63, 3.8) is 0 Å². The fourth-order valence-corrected chi connectivity index (χ4v) is 7.04. The van der Waals surface area contributed by atoms with Gasteiger partial charge in [0.05, 0.1) is 0 Å². The standard InChI is InChI=1S/C28H41NO/c1-15(2)14-29-28(30)7-6-19-10-21(19)23-12-25(23)27-13-26(27)24-11-22(24)20-9-18(20)5-4-17-8-16(17)3/h4-7,15-27H,8-14H2,1-3H3,(H,29,30)/b5-4+,7-6+/t16-,17-,18-,19-,20+,21+,22-,23-,24+,25+,26-,27-/m0/s1. The van der Waals surface area contributed by atoms with Crippen LogP contribution in [0.5, 0.6) is 0 Å². The molecule has 0 unspecified atom stereocenters. The molecule has 164 valence electrons. The van der Waals surface area contributed by atoms with Gasteiger partial charge in [0.2, 0.25) is 5.91 Å². The summed E-state index contributed by atoms with van der Waals surface area (Å²) in [5.41, 5.74) is 0. The zero-order chi connectivity index (χ0) is 20.6. The van der Waals surface area contributed by atoms with Gasteiger partial charge in [-0.05, 0) is 122 Å². The minimum absolute atomic E-state index is 0.101. The normalized spacial score (nSPS) is 52.7. The van der Waals surface area contributed by atoms with Crippen molar-refractivity contribution in [1.82, 2.24) is 5.32 Å². The van der Waals surface area contributed by atoms with Crippen LogP contribution < -0.4 is 5.32 Å². The second-order valence-corrected chi connectivity index (χ2v) is 12.6. The molecule has 6 aliphatic rings. The fourth-order valence-electron chi connectivity index (χ4n) is 7.04. The Morgan fingerprint density at radius 2 is 1.20 bits per heavy atom. The molecular formula is C28H41NO. The Labute approximate surface area is 183 Å². The van der Waals surface area contributed by atoms with Crippen molar-refractivity contribution < 1.29 is 4.79 Å². The van der Waals surface area contributed by atoms with E-state index in [2.05, 4.69) is 44.3 Å². The zero-order valence-corrected chi connectivity index (χ0v) is 19.2. The van der Waals surface area contributed by atoms with Crippen molar-refractivity contribution in [3.8, 4) is 0 Å². The van der Waals surface area contributed by atoms with Crippen LogP contribution in [0.15, 0.2) is 24.3 Å². The minimum Gasteiger partial charge on any atom is -0.352 e. The van der Waals surface area contributed by atoms with Crippen molar-refractivity contribution in [2.24, 2.45) is 76.9 Å².